The van der Waals surface area contributed by atoms with Crippen molar-refractivity contribution in [2.24, 2.45) is 0 Å². The Bertz CT molecular complexity index is 613. The van der Waals surface area contributed by atoms with Gasteiger partial charge >= 0.3 is 5.97 Å². The minimum absolute atomic E-state index is 0.165. The van der Waals surface area contributed by atoms with E-state index in [1.807, 2.05) is 0 Å². The van der Waals surface area contributed by atoms with E-state index in [0.717, 1.165) is 0 Å². The molecular weight excluding hydrogens is 292 g/mol. The Morgan fingerprint density at radius 1 is 1.33 bits per heavy atom. The van der Waals surface area contributed by atoms with Gasteiger partial charge in [-0.25, -0.2) is 9.78 Å². The number of H-pyrrole nitrogens is 1. The van der Waals surface area contributed by atoms with Crippen LogP contribution in [-0.4, -0.2) is 39.4 Å². The molecule has 1 heterocycles. The van der Waals surface area contributed by atoms with Crippen LogP contribution in [0.3, 0.4) is 0 Å². The van der Waals surface area contributed by atoms with Crippen LogP contribution >= 0.6 is 11.8 Å². The van der Waals surface area contributed by atoms with E-state index in [0.29, 0.717) is 16.4 Å². The summed E-state index contributed by atoms with van der Waals surface area (Å²) >= 11 is 1.27. The number of hydrogen-bond donors (Lipinski definition) is 2. The third-order valence-electron chi connectivity index (χ3n) is 2.62. The first-order valence-electron chi connectivity index (χ1n) is 6.11. The third-order valence-corrected chi connectivity index (χ3v) is 3.61. The predicted octanol–water partition coefficient (Wildman–Crippen LogP) is 1.71. The number of methoxy groups -OCH3 is 1. The second kappa shape index (κ2) is 6.89. The van der Waals surface area contributed by atoms with Crippen LogP contribution in [0.1, 0.15) is 17.3 Å². The van der Waals surface area contributed by atoms with Crippen molar-refractivity contribution < 1.29 is 14.3 Å². The zero-order valence-corrected chi connectivity index (χ0v) is 12.3. The maximum atomic E-state index is 12.0. The minimum atomic E-state index is -0.415. The van der Waals surface area contributed by atoms with Gasteiger partial charge in [-0.2, -0.15) is 5.10 Å². The van der Waals surface area contributed by atoms with Crippen molar-refractivity contribution in [3.8, 4) is 0 Å². The molecule has 21 heavy (non-hydrogen) atoms. The van der Waals surface area contributed by atoms with Crippen LogP contribution in [0.15, 0.2) is 35.7 Å². The first-order valence-corrected chi connectivity index (χ1v) is 6.99. The molecule has 2 N–H and O–H groups in total. The second-order valence-corrected chi connectivity index (χ2v) is 5.44. The Morgan fingerprint density at radius 3 is 2.62 bits per heavy atom. The maximum absolute atomic E-state index is 12.0. The summed E-state index contributed by atoms with van der Waals surface area (Å²) in [6.07, 6.45) is 1.39. The Kier molecular flexibility index (Phi) is 4.94. The molecule has 0 fully saturated rings. The first kappa shape index (κ1) is 15.0. The summed E-state index contributed by atoms with van der Waals surface area (Å²) < 4.78 is 4.61. The molecule has 0 unspecified atom stereocenters. The van der Waals surface area contributed by atoms with Gasteiger partial charge in [-0.1, -0.05) is 11.8 Å². The lowest BCUT2D eigenvalue weighted by molar-refractivity contribution is -0.115. The number of aromatic nitrogens is 3. The van der Waals surface area contributed by atoms with Gasteiger partial charge in [0, 0.05) is 5.69 Å². The highest BCUT2D eigenvalue weighted by Crippen LogP contribution is 2.20. The maximum Gasteiger partial charge on any atom is 0.337 e. The van der Waals surface area contributed by atoms with E-state index in [1.165, 1.54) is 25.2 Å². The average molecular weight is 306 g/mol. The molecule has 0 saturated heterocycles. The van der Waals surface area contributed by atoms with E-state index in [2.05, 4.69) is 25.2 Å². The monoisotopic (exact) mass is 306 g/mol. The molecule has 7 nitrogen and oxygen atoms in total. The first-order chi connectivity index (χ1) is 10.1. The molecule has 0 spiro atoms. The predicted molar refractivity (Wildman–Crippen MR) is 78.1 cm³/mol. The fourth-order valence-electron chi connectivity index (χ4n) is 1.52. The summed E-state index contributed by atoms with van der Waals surface area (Å²) in [5.41, 5.74) is 1.04. The Balaban J connectivity index is 1.94. The number of nitrogens with zero attached hydrogens (tertiary/aromatic N) is 2. The highest BCUT2D eigenvalue weighted by Gasteiger charge is 2.16. The fourth-order valence-corrected chi connectivity index (χ4v) is 2.24. The van der Waals surface area contributed by atoms with Gasteiger partial charge in [-0.3, -0.25) is 9.89 Å². The van der Waals surface area contributed by atoms with Crippen molar-refractivity contribution in [1.29, 1.82) is 0 Å². The average Bonchev–Trinajstić information content (AvgIpc) is 3.00. The Morgan fingerprint density at radius 2 is 2.05 bits per heavy atom. The zero-order valence-electron chi connectivity index (χ0n) is 11.5. The number of anilines is 1. The molecule has 110 valence electrons. The summed E-state index contributed by atoms with van der Waals surface area (Å²) in [4.78, 5) is 27.3. The lowest BCUT2D eigenvalue weighted by Gasteiger charge is -2.10. The van der Waals surface area contributed by atoms with Gasteiger partial charge in [0.05, 0.1) is 17.9 Å². The minimum Gasteiger partial charge on any atom is -0.465 e. The number of carbonyl (C=O) groups excluding carboxylic acids is 2. The normalized spacial score (nSPS) is 11.7. The molecule has 2 rings (SSSR count). The number of benzene rings is 1. The molecular formula is C13H14N4O3S. The van der Waals surface area contributed by atoms with Crippen LogP contribution in [0.25, 0.3) is 0 Å². The SMILES string of the molecule is COC(=O)c1ccc(NC(=O)[C@H](C)Sc2ncn[nH]2)cc1. The van der Waals surface area contributed by atoms with Crippen LogP contribution in [0.2, 0.25) is 0 Å². The van der Waals surface area contributed by atoms with Crippen LogP contribution < -0.4 is 5.32 Å². The number of aromatic amines is 1. The molecule has 8 heteroatoms. The number of nitrogens with one attached hydrogen (secondary N) is 2. The van der Waals surface area contributed by atoms with Crippen LogP contribution in [0.4, 0.5) is 5.69 Å². The van der Waals surface area contributed by atoms with Crippen LogP contribution in [0.5, 0.6) is 0 Å². The van der Waals surface area contributed by atoms with Crippen LogP contribution in [0, 0.1) is 0 Å². The molecule has 0 bridgehead atoms. The molecule has 0 aliphatic rings. The van der Waals surface area contributed by atoms with Crippen molar-refractivity contribution >= 4 is 29.3 Å². The zero-order chi connectivity index (χ0) is 15.2. The lowest BCUT2D eigenvalue weighted by atomic mass is 10.2. The van der Waals surface area contributed by atoms with Crippen molar-refractivity contribution in [3.63, 3.8) is 0 Å². The molecule has 1 aromatic carbocycles. The number of amides is 1. The Hall–Kier alpha value is -2.35. The van der Waals surface area contributed by atoms with E-state index >= 15 is 0 Å². The number of carbonyl (C=O) groups is 2. The smallest absolute Gasteiger partial charge is 0.337 e. The molecule has 2 aromatic rings. The molecule has 0 radical (unpaired) electrons. The van der Waals surface area contributed by atoms with E-state index < -0.39 is 5.97 Å². The highest BCUT2D eigenvalue weighted by atomic mass is 32.2. The topological polar surface area (TPSA) is 97.0 Å². The van der Waals surface area contributed by atoms with E-state index in [4.69, 9.17) is 0 Å². The molecule has 1 amide bonds. The number of esters is 1. The molecule has 0 aliphatic heterocycles. The molecule has 1 atom stereocenters. The number of rotatable bonds is 5. The highest BCUT2D eigenvalue weighted by molar-refractivity contribution is 8.00. The summed E-state index contributed by atoms with van der Waals surface area (Å²) in [6, 6.07) is 6.48. The summed E-state index contributed by atoms with van der Waals surface area (Å²) in [6.45, 7) is 1.77. The third kappa shape index (κ3) is 4.06. The number of ether oxygens (including phenoxy) is 1. The molecule has 0 saturated carbocycles. The fraction of sp³-hybridized carbons (Fsp3) is 0.231. The number of hydrogen-bond acceptors (Lipinski definition) is 6. The Labute approximate surface area is 125 Å². The standard InChI is InChI=1S/C13H14N4O3S/c1-8(21-13-14-7-15-17-13)11(18)16-10-5-3-9(4-6-10)12(19)20-2/h3-8H,1-2H3,(H,16,18)(H,14,15,17)/t8-/m0/s1. The van der Waals surface area contributed by atoms with Crippen molar-refractivity contribution in [3.05, 3.63) is 36.2 Å². The van der Waals surface area contributed by atoms with Gasteiger partial charge in [0.1, 0.15) is 6.33 Å². The lowest BCUT2D eigenvalue weighted by Crippen LogP contribution is -2.22. The van der Waals surface area contributed by atoms with Gasteiger partial charge in [-0.15, -0.1) is 0 Å². The second-order valence-electron chi connectivity index (χ2n) is 4.11. The molecule has 0 aliphatic carbocycles. The van der Waals surface area contributed by atoms with Gasteiger partial charge in [0.25, 0.3) is 0 Å². The van der Waals surface area contributed by atoms with Crippen molar-refractivity contribution in [2.45, 2.75) is 17.3 Å². The number of thioether (sulfide) groups is 1. The van der Waals surface area contributed by atoms with Gasteiger partial charge < -0.3 is 10.1 Å². The van der Waals surface area contributed by atoms with Gasteiger partial charge in [0.15, 0.2) is 5.16 Å². The largest absolute Gasteiger partial charge is 0.465 e. The summed E-state index contributed by atoms with van der Waals surface area (Å²) in [5, 5.41) is 9.42. The van der Waals surface area contributed by atoms with Crippen molar-refractivity contribution in [2.75, 3.05) is 12.4 Å². The summed E-state index contributed by atoms with van der Waals surface area (Å²) in [7, 11) is 1.32. The van der Waals surface area contributed by atoms with E-state index in [-0.39, 0.29) is 11.2 Å². The summed E-state index contributed by atoms with van der Waals surface area (Å²) in [5.74, 6) is -0.579. The quantitative estimate of drug-likeness (QED) is 0.645. The van der Waals surface area contributed by atoms with Gasteiger partial charge in [-0.05, 0) is 31.2 Å². The van der Waals surface area contributed by atoms with E-state index in [9.17, 15) is 9.59 Å². The van der Waals surface area contributed by atoms with Gasteiger partial charge in [0.2, 0.25) is 5.91 Å². The van der Waals surface area contributed by atoms with Crippen molar-refractivity contribution in [1.82, 2.24) is 15.2 Å². The molecule has 1 aromatic heterocycles. The van der Waals surface area contributed by atoms with Crippen LogP contribution in [-0.2, 0) is 9.53 Å². The van der Waals surface area contributed by atoms with E-state index in [1.54, 1.807) is 31.2 Å².